The number of nitrogens with zero attached hydrogens (tertiary/aromatic N) is 4. The molecule has 2 aromatic heterocycles. The summed E-state index contributed by atoms with van der Waals surface area (Å²) in [4.78, 5) is 0.163. The van der Waals surface area contributed by atoms with E-state index in [-0.39, 0.29) is 11.4 Å². The standard InChI is InChI=1S/C8H12N6O2S/c1-7-8(6-10-12-7)17(15,16)11-3-5-14-4-2-9-13-14/h2,4,6,11H,3,5H2,1H3,(H,10,12). The van der Waals surface area contributed by atoms with Gasteiger partial charge in [0, 0.05) is 12.7 Å². The summed E-state index contributed by atoms with van der Waals surface area (Å²) in [5.41, 5.74) is 0.512. The zero-order chi connectivity index (χ0) is 12.3. The van der Waals surface area contributed by atoms with Gasteiger partial charge >= 0.3 is 0 Å². The molecule has 17 heavy (non-hydrogen) atoms. The lowest BCUT2D eigenvalue weighted by Gasteiger charge is -2.05. The molecule has 0 aromatic carbocycles. The van der Waals surface area contributed by atoms with Gasteiger partial charge in [-0.05, 0) is 6.92 Å². The molecule has 2 N–H and O–H groups in total. The van der Waals surface area contributed by atoms with Crippen molar-refractivity contribution in [2.45, 2.75) is 18.4 Å². The van der Waals surface area contributed by atoms with Gasteiger partial charge in [-0.2, -0.15) is 5.10 Å². The first-order valence-electron chi connectivity index (χ1n) is 4.93. The first-order valence-corrected chi connectivity index (χ1v) is 6.41. The zero-order valence-electron chi connectivity index (χ0n) is 9.16. The summed E-state index contributed by atoms with van der Waals surface area (Å²) in [6.45, 7) is 2.32. The molecule has 0 radical (unpaired) electrons. The number of aromatic nitrogens is 5. The van der Waals surface area contributed by atoms with Crippen molar-refractivity contribution in [2.75, 3.05) is 6.54 Å². The second-order valence-electron chi connectivity index (χ2n) is 3.42. The van der Waals surface area contributed by atoms with Gasteiger partial charge in [-0.25, -0.2) is 13.1 Å². The lowest BCUT2D eigenvalue weighted by atomic mass is 10.5. The molecule has 0 atom stereocenters. The van der Waals surface area contributed by atoms with E-state index in [0.29, 0.717) is 12.2 Å². The molecule has 0 aliphatic carbocycles. The van der Waals surface area contributed by atoms with Gasteiger partial charge in [0.15, 0.2) is 0 Å². The van der Waals surface area contributed by atoms with E-state index in [1.807, 2.05) is 0 Å². The van der Waals surface area contributed by atoms with E-state index in [1.165, 1.54) is 12.4 Å². The van der Waals surface area contributed by atoms with Crippen LogP contribution in [-0.2, 0) is 16.6 Å². The Kier molecular flexibility index (Phi) is 3.20. The van der Waals surface area contributed by atoms with Gasteiger partial charge in [-0.15, -0.1) is 5.10 Å². The molecule has 8 nitrogen and oxygen atoms in total. The molecular weight excluding hydrogens is 244 g/mol. The van der Waals surface area contributed by atoms with E-state index >= 15 is 0 Å². The maximum Gasteiger partial charge on any atom is 0.244 e. The van der Waals surface area contributed by atoms with Gasteiger partial charge in [0.1, 0.15) is 4.90 Å². The van der Waals surface area contributed by atoms with Crippen molar-refractivity contribution < 1.29 is 8.42 Å². The fourth-order valence-corrected chi connectivity index (χ4v) is 2.49. The summed E-state index contributed by atoms with van der Waals surface area (Å²) in [7, 11) is -3.51. The Morgan fingerprint density at radius 1 is 1.53 bits per heavy atom. The molecule has 0 aliphatic heterocycles. The number of aromatic amines is 1. The van der Waals surface area contributed by atoms with Crippen molar-refractivity contribution in [1.82, 2.24) is 29.9 Å². The highest BCUT2D eigenvalue weighted by atomic mass is 32.2. The molecule has 0 amide bonds. The van der Waals surface area contributed by atoms with Crippen LogP contribution in [0.15, 0.2) is 23.5 Å². The molecule has 2 aromatic rings. The van der Waals surface area contributed by atoms with Crippen molar-refractivity contribution in [3.63, 3.8) is 0 Å². The third-order valence-corrected chi connectivity index (χ3v) is 3.75. The first-order chi connectivity index (χ1) is 8.09. The van der Waals surface area contributed by atoms with Crippen LogP contribution in [-0.4, -0.2) is 40.2 Å². The summed E-state index contributed by atoms with van der Waals surface area (Å²) in [5, 5.41) is 13.6. The van der Waals surface area contributed by atoms with Crippen molar-refractivity contribution in [1.29, 1.82) is 0 Å². The fraction of sp³-hybridized carbons (Fsp3) is 0.375. The molecule has 0 aliphatic rings. The molecule has 0 fully saturated rings. The summed E-state index contributed by atoms with van der Waals surface area (Å²) in [6, 6.07) is 0. The van der Waals surface area contributed by atoms with Crippen LogP contribution in [0.1, 0.15) is 5.69 Å². The van der Waals surface area contributed by atoms with Gasteiger partial charge in [0.25, 0.3) is 0 Å². The number of hydrogen-bond donors (Lipinski definition) is 2. The number of rotatable bonds is 5. The lowest BCUT2D eigenvalue weighted by molar-refractivity contribution is 0.552. The molecule has 2 heterocycles. The van der Waals surface area contributed by atoms with E-state index in [1.54, 1.807) is 17.8 Å². The van der Waals surface area contributed by atoms with Gasteiger partial charge in [-0.3, -0.25) is 9.78 Å². The van der Waals surface area contributed by atoms with Crippen molar-refractivity contribution >= 4 is 10.0 Å². The van der Waals surface area contributed by atoms with Crippen molar-refractivity contribution in [3.8, 4) is 0 Å². The predicted octanol–water partition coefficient (Wildman–Crippen LogP) is -0.712. The number of aryl methyl sites for hydroxylation is 1. The largest absolute Gasteiger partial charge is 0.281 e. The Labute approximate surface area is 98.1 Å². The monoisotopic (exact) mass is 256 g/mol. The van der Waals surface area contributed by atoms with Crippen LogP contribution in [0.5, 0.6) is 0 Å². The molecule has 9 heteroatoms. The zero-order valence-corrected chi connectivity index (χ0v) is 9.98. The Balaban J connectivity index is 1.97. The van der Waals surface area contributed by atoms with E-state index in [0.717, 1.165) is 0 Å². The summed E-state index contributed by atoms with van der Waals surface area (Å²) in [5.74, 6) is 0. The van der Waals surface area contributed by atoms with Crippen molar-refractivity contribution in [3.05, 3.63) is 24.3 Å². The Morgan fingerprint density at radius 3 is 2.94 bits per heavy atom. The minimum atomic E-state index is -3.51. The van der Waals surface area contributed by atoms with Gasteiger partial charge < -0.3 is 0 Å². The summed E-state index contributed by atoms with van der Waals surface area (Å²) < 4.78 is 27.7. The first kappa shape index (κ1) is 11.7. The Bertz CT molecular complexity index is 573. The normalized spacial score (nSPS) is 11.8. The van der Waals surface area contributed by atoms with Crippen LogP contribution in [0.4, 0.5) is 0 Å². The summed E-state index contributed by atoms with van der Waals surface area (Å²) >= 11 is 0. The van der Waals surface area contributed by atoms with Crippen molar-refractivity contribution in [2.24, 2.45) is 0 Å². The predicted molar refractivity (Wildman–Crippen MR) is 58.5 cm³/mol. The van der Waals surface area contributed by atoms with Crippen LogP contribution in [0.3, 0.4) is 0 Å². The maximum atomic E-state index is 11.8. The van der Waals surface area contributed by atoms with Crippen LogP contribution >= 0.6 is 0 Å². The average Bonchev–Trinajstić information content (AvgIpc) is 2.88. The molecule has 0 unspecified atom stereocenters. The van der Waals surface area contributed by atoms with E-state index < -0.39 is 10.0 Å². The molecule has 0 saturated heterocycles. The van der Waals surface area contributed by atoms with E-state index in [9.17, 15) is 8.42 Å². The number of hydrogen-bond acceptors (Lipinski definition) is 5. The minimum absolute atomic E-state index is 0.163. The molecular formula is C8H12N6O2S. The Hall–Kier alpha value is -1.74. The lowest BCUT2D eigenvalue weighted by Crippen LogP contribution is -2.27. The molecule has 0 spiro atoms. The third kappa shape index (κ3) is 2.68. The second kappa shape index (κ2) is 4.63. The van der Waals surface area contributed by atoms with E-state index in [2.05, 4.69) is 25.2 Å². The number of sulfonamides is 1. The average molecular weight is 256 g/mol. The smallest absolute Gasteiger partial charge is 0.244 e. The maximum absolute atomic E-state index is 11.8. The van der Waals surface area contributed by atoms with E-state index in [4.69, 9.17) is 0 Å². The highest BCUT2D eigenvalue weighted by molar-refractivity contribution is 7.89. The summed E-state index contributed by atoms with van der Waals surface area (Å²) in [6.07, 6.45) is 4.49. The number of nitrogens with one attached hydrogen (secondary N) is 2. The van der Waals surface area contributed by atoms with Gasteiger partial charge in [0.05, 0.1) is 24.6 Å². The molecule has 0 bridgehead atoms. The van der Waals surface area contributed by atoms with Crippen LogP contribution in [0, 0.1) is 6.92 Å². The quantitative estimate of drug-likeness (QED) is 0.735. The van der Waals surface area contributed by atoms with Crippen LogP contribution < -0.4 is 4.72 Å². The third-order valence-electron chi connectivity index (χ3n) is 2.18. The van der Waals surface area contributed by atoms with Gasteiger partial charge in [0.2, 0.25) is 10.0 Å². The van der Waals surface area contributed by atoms with Crippen LogP contribution in [0.2, 0.25) is 0 Å². The Morgan fingerprint density at radius 2 is 2.35 bits per heavy atom. The molecule has 92 valence electrons. The fourth-order valence-electron chi connectivity index (χ4n) is 1.33. The number of H-pyrrole nitrogens is 1. The highest BCUT2D eigenvalue weighted by Crippen LogP contribution is 2.09. The minimum Gasteiger partial charge on any atom is -0.281 e. The SMILES string of the molecule is Cc1[nH]ncc1S(=O)(=O)NCCn1ccnn1. The second-order valence-corrected chi connectivity index (χ2v) is 5.16. The topological polar surface area (TPSA) is 106 Å². The highest BCUT2D eigenvalue weighted by Gasteiger charge is 2.17. The van der Waals surface area contributed by atoms with Gasteiger partial charge in [-0.1, -0.05) is 5.21 Å². The molecule has 0 saturated carbocycles. The molecule has 2 rings (SSSR count). The van der Waals surface area contributed by atoms with Crippen LogP contribution in [0.25, 0.3) is 0 Å².